The number of amides is 3. The number of hydrogen-bond donors (Lipinski definition) is 2. The van der Waals surface area contributed by atoms with Gasteiger partial charge in [0.2, 0.25) is 5.91 Å². The predicted molar refractivity (Wildman–Crippen MR) is 118 cm³/mol. The molecule has 0 spiro atoms. The third kappa shape index (κ3) is 4.49. The molecule has 2 N–H and O–H groups in total. The first-order chi connectivity index (χ1) is 15.4. The Balaban J connectivity index is 1.46. The van der Waals surface area contributed by atoms with Crippen molar-refractivity contribution in [1.82, 2.24) is 14.6 Å². The largest absolute Gasteiger partial charge is 0.344 e. The number of anilines is 2. The monoisotopic (exact) mass is 454 g/mol. The first-order valence-electron chi connectivity index (χ1n) is 9.45. The second-order valence-corrected chi connectivity index (χ2v) is 7.18. The Labute approximate surface area is 186 Å². The average Bonchev–Trinajstić information content (AvgIpc) is 3.27. The van der Waals surface area contributed by atoms with Crippen LogP contribution in [0.1, 0.15) is 6.42 Å². The maximum Gasteiger partial charge on any atom is 0.344 e. The number of hydrogen-bond acceptors (Lipinski definition) is 5. The summed E-state index contributed by atoms with van der Waals surface area (Å²) < 4.78 is 15.9. The van der Waals surface area contributed by atoms with Crippen LogP contribution in [0.25, 0.3) is 5.69 Å². The molecule has 0 aliphatic carbocycles. The molecule has 0 fully saturated rings. The molecule has 1 atom stereocenters. The van der Waals surface area contributed by atoms with Crippen molar-refractivity contribution >= 4 is 41.3 Å². The summed E-state index contributed by atoms with van der Waals surface area (Å²) in [5.41, 5.74) is -0.0928. The molecule has 3 heterocycles. The van der Waals surface area contributed by atoms with E-state index in [0.717, 1.165) is 11.1 Å². The number of nitrogens with zero attached hydrogens (tertiary/aromatic N) is 4. The minimum atomic E-state index is -0.974. The molecule has 1 unspecified atom stereocenters. The lowest BCUT2D eigenvalue weighted by molar-refractivity contribution is -0.119. The Morgan fingerprint density at radius 2 is 1.97 bits per heavy atom. The fraction of sp³-hybridized carbons (Fsp3) is 0.0952. The minimum Gasteiger partial charge on any atom is -0.322 e. The van der Waals surface area contributed by atoms with E-state index in [1.807, 2.05) is 0 Å². The molecule has 0 saturated carbocycles. The Morgan fingerprint density at radius 3 is 2.69 bits per heavy atom. The van der Waals surface area contributed by atoms with Crippen molar-refractivity contribution < 1.29 is 14.0 Å². The van der Waals surface area contributed by atoms with Crippen LogP contribution in [-0.4, -0.2) is 38.8 Å². The van der Waals surface area contributed by atoms with Gasteiger partial charge < -0.3 is 5.32 Å². The quantitative estimate of drug-likeness (QED) is 0.630. The highest BCUT2D eigenvalue weighted by Gasteiger charge is 2.33. The highest BCUT2D eigenvalue weighted by atomic mass is 35.5. The van der Waals surface area contributed by atoms with Gasteiger partial charge in [-0.25, -0.2) is 19.2 Å². The lowest BCUT2D eigenvalue weighted by Crippen LogP contribution is -2.43. The van der Waals surface area contributed by atoms with Crippen LogP contribution in [0, 0.1) is 5.82 Å². The number of carbonyl (C=O) groups excluding carboxylic acids is 2. The Hall–Kier alpha value is -4.05. The third-order valence-electron chi connectivity index (χ3n) is 4.61. The summed E-state index contributed by atoms with van der Waals surface area (Å²) in [4.78, 5) is 41.1. The van der Waals surface area contributed by atoms with Crippen molar-refractivity contribution in [2.45, 2.75) is 12.5 Å². The van der Waals surface area contributed by atoms with E-state index in [1.54, 1.807) is 18.2 Å². The highest BCUT2D eigenvalue weighted by Crippen LogP contribution is 2.21. The zero-order valence-corrected chi connectivity index (χ0v) is 17.2. The molecule has 162 valence electrons. The lowest BCUT2D eigenvalue weighted by Gasteiger charge is -2.21. The minimum absolute atomic E-state index is 0.0886. The molecule has 32 heavy (non-hydrogen) atoms. The van der Waals surface area contributed by atoms with E-state index >= 15 is 0 Å². The fourth-order valence-electron chi connectivity index (χ4n) is 3.06. The molecule has 4 rings (SSSR count). The van der Waals surface area contributed by atoms with E-state index in [9.17, 15) is 18.8 Å². The van der Waals surface area contributed by atoms with E-state index in [4.69, 9.17) is 11.6 Å². The van der Waals surface area contributed by atoms with Crippen molar-refractivity contribution in [1.29, 1.82) is 0 Å². The van der Waals surface area contributed by atoms with Gasteiger partial charge in [-0.15, -0.1) is 0 Å². The van der Waals surface area contributed by atoms with Crippen molar-refractivity contribution in [2.24, 2.45) is 5.10 Å². The molecule has 0 radical (unpaired) electrons. The van der Waals surface area contributed by atoms with Gasteiger partial charge >= 0.3 is 6.03 Å². The zero-order valence-electron chi connectivity index (χ0n) is 16.4. The number of rotatable bonds is 4. The first-order valence-corrected chi connectivity index (χ1v) is 9.83. The fourth-order valence-corrected chi connectivity index (χ4v) is 3.17. The molecule has 1 aromatic carbocycles. The Morgan fingerprint density at radius 1 is 1.12 bits per heavy atom. The predicted octanol–water partition coefficient (Wildman–Crippen LogP) is 3.26. The summed E-state index contributed by atoms with van der Waals surface area (Å²) in [5, 5.41) is 10.3. The van der Waals surface area contributed by atoms with Crippen LogP contribution < -0.4 is 16.2 Å². The summed E-state index contributed by atoms with van der Waals surface area (Å²) in [6.45, 7) is 0. The Kier molecular flexibility index (Phi) is 5.95. The SMILES string of the molecule is O=C(Nc1ccc(-n2ccccc2=O)cc1F)C1CC=NN1C(=O)Nc1ccc(Cl)cn1. The number of pyridine rings is 2. The summed E-state index contributed by atoms with van der Waals surface area (Å²) in [5.74, 6) is -1.12. The molecule has 11 heteroatoms. The van der Waals surface area contributed by atoms with Gasteiger partial charge in [-0.1, -0.05) is 17.7 Å². The van der Waals surface area contributed by atoms with Crippen LogP contribution in [0.3, 0.4) is 0 Å². The van der Waals surface area contributed by atoms with Gasteiger partial charge in [-0.05, 0) is 30.3 Å². The van der Waals surface area contributed by atoms with E-state index in [1.165, 1.54) is 47.4 Å². The van der Waals surface area contributed by atoms with E-state index in [0.29, 0.717) is 10.7 Å². The summed E-state index contributed by atoms with van der Waals surface area (Å²) in [6, 6.07) is 9.98. The number of benzene rings is 1. The second-order valence-electron chi connectivity index (χ2n) is 6.75. The van der Waals surface area contributed by atoms with Crippen LogP contribution in [0.5, 0.6) is 0 Å². The standard InChI is InChI=1S/C21H16ClFN6O3/c22-13-4-7-18(24-12-13)27-21(32)29-17(8-9-25-29)20(31)26-16-6-5-14(11-15(16)23)28-10-2-1-3-19(28)30/h1-7,9-12,17H,8H2,(H,26,31)(H,24,27,32). The number of urea groups is 1. The molecule has 3 amide bonds. The molecule has 1 aliphatic rings. The normalized spacial score (nSPS) is 14.9. The molecular formula is C21H16ClFN6O3. The van der Waals surface area contributed by atoms with Gasteiger partial charge in [0.25, 0.3) is 5.56 Å². The number of nitrogens with one attached hydrogen (secondary N) is 2. The first kappa shape index (κ1) is 21.2. The highest BCUT2D eigenvalue weighted by molar-refractivity contribution is 6.30. The maximum absolute atomic E-state index is 14.6. The lowest BCUT2D eigenvalue weighted by atomic mass is 10.2. The molecular weight excluding hydrogens is 439 g/mol. The van der Waals surface area contributed by atoms with Crippen molar-refractivity contribution in [2.75, 3.05) is 10.6 Å². The smallest absolute Gasteiger partial charge is 0.322 e. The molecule has 0 saturated heterocycles. The summed E-state index contributed by atoms with van der Waals surface area (Å²) >= 11 is 5.77. The number of carbonyl (C=O) groups is 2. The summed E-state index contributed by atoms with van der Waals surface area (Å²) in [6.07, 6.45) is 4.45. The van der Waals surface area contributed by atoms with Crippen LogP contribution in [0.4, 0.5) is 20.7 Å². The van der Waals surface area contributed by atoms with Crippen molar-refractivity contribution in [3.05, 3.63) is 82.1 Å². The van der Waals surface area contributed by atoms with E-state index in [2.05, 4.69) is 20.7 Å². The van der Waals surface area contributed by atoms with Gasteiger partial charge in [0.1, 0.15) is 17.7 Å². The van der Waals surface area contributed by atoms with E-state index in [-0.39, 0.29) is 23.5 Å². The van der Waals surface area contributed by atoms with Crippen LogP contribution in [0.2, 0.25) is 5.02 Å². The number of halogens is 2. The molecule has 1 aliphatic heterocycles. The van der Waals surface area contributed by atoms with Gasteiger partial charge in [0.15, 0.2) is 0 Å². The topological polar surface area (TPSA) is 109 Å². The number of aromatic nitrogens is 2. The van der Waals surface area contributed by atoms with Gasteiger partial charge in [-0.2, -0.15) is 5.10 Å². The zero-order chi connectivity index (χ0) is 22.7. The second kappa shape index (κ2) is 8.98. The molecule has 0 bridgehead atoms. The Bertz CT molecular complexity index is 1260. The average molecular weight is 455 g/mol. The van der Waals surface area contributed by atoms with E-state index < -0.39 is 23.8 Å². The van der Waals surface area contributed by atoms with Crippen LogP contribution in [-0.2, 0) is 4.79 Å². The molecule has 2 aromatic heterocycles. The summed E-state index contributed by atoms with van der Waals surface area (Å²) in [7, 11) is 0. The van der Waals surface area contributed by atoms with Crippen molar-refractivity contribution in [3.63, 3.8) is 0 Å². The maximum atomic E-state index is 14.6. The number of hydrazone groups is 1. The van der Waals surface area contributed by atoms with Gasteiger partial charge in [0, 0.05) is 37.2 Å². The van der Waals surface area contributed by atoms with Crippen molar-refractivity contribution in [3.8, 4) is 5.69 Å². The molecule has 9 nitrogen and oxygen atoms in total. The van der Waals surface area contributed by atoms with Crippen LogP contribution >= 0.6 is 11.6 Å². The van der Waals surface area contributed by atoms with Gasteiger partial charge in [0.05, 0.1) is 16.4 Å². The molecule has 3 aromatic rings. The third-order valence-corrected chi connectivity index (χ3v) is 4.84. The van der Waals surface area contributed by atoms with Gasteiger partial charge in [-0.3, -0.25) is 19.5 Å². The van der Waals surface area contributed by atoms with Crippen LogP contribution in [0.15, 0.2) is 70.8 Å².